The number of nitrogens with zero attached hydrogens (tertiary/aromatic N) is 2. The maximum atomic E-state index is 5.07. The van der Waals surface area contributed by atoms with Crippen LogP contribution in [0, 0.1) is 6.92 Å². The molecular formula is C25H18N2. The SMILES string of the molecule is Cc1cccc2nc(-c3ccccc3)c(-c3ccc4ccccc4c3)nc12. The van der Waals surface area contributed by atoms with Crippen LogP contribution in [0.25, 0.3) is 44.3 Å². The molecule has 2 nitrogen and oxygen atoms in total. The maximum Gasteiger partial charge on any atom is 0.0973 e. The standard InChI is InChI=1S/C25H18N2/c1-17-8-7-13-22-23(17)27-25(24(26-22)19-10-3-2-4-11-19)21-15-14-18-9-5-6-12-20(18)16-21/h2-16H,1H3. The molecule has 0 aliphatic rings. The smallest absolute Gasteiger partial charge is 0.0973 e. The monoisotopic (exact) mass is 346 g/mol. The van der Waals surface area contributed by atoms with Gasteiger partial charge in [0.2, 0.25) is 0 Å². The van der Waals surface area contributed by atoms with E-state index in [0.717, 1.165) is 39.1 Å². The highest BCUT2D eigenvalue weighted by atomic mass is 14.8. The van der Waals surface area contributed by atoms with E-state index >= 15 is 0 Å². The molecule has 0 bridgehead atoms. The minimum absolute atomic E-state index is 0.920. The third-order valence-electron chi connectivity index (χ3n) is 4.97. The second kappa shape index (κ2) is 6.33. The van der Waals surface area contributed by atoms with E-state index in [1.807, 2.05) is 30.3 Å². The molecule has 0 N–H and O–H groups in total. The molecule has 0 fully saturated rings. The van der Waals surface area contributed by atoms with Gasteiger partial charge in [-0.15, -0.1) is 0 Å². The predicted molar refractivity (Wildman–Crippen MR) is 113 cm³/mol. The summed E-state index contributed by atoms with van der Waals surface area (Å²) in [6.07, 6.45) is 0. The lowest BCUT2D eigenvalue weighted by Crippen LogP contribution is -1.96. The van der Waals surface area contributed by atoms with Gasteiger partial charge in [-0.2, -0.15) is 0 Å². The van der Waals surface area contributed by atoms with Crippen LogP contribution in [0.15, 0.2) is 91.0 Å². The summed E-state index contributed by atoms with van der Waals surface area (Å²) in [7, 11) is 0. The maximum absolute atomic E-state index is 5.07. The Morgan fingerprint density at radius 1 is 0.556 bits per heavy atom. The number of rotatable bonds is 2. The van der Waals surface area contributed by atoms with Crippen molar-refractivity contribution < 1.29 is 0 Å². The van der Waals surface area contributed by atoms with Crippen LogP contribution in [0.2, 0.25) is 0 Å². The average molecular weight is 346 g/mol. The molecule has 2 heteroatoms. The van der Waals surface area contributed by atoms with E-state index in [0.29, 0.717) is 0 Å². The topological polar surface area (TPSA) is 25.8 Å². The van der Waals surface area contributed by atoms with Gasteiger partial charge in [0.1, 0.15) is 0 Å². The van der Waals surface area contributed by atoms with Crippen LogP contribution in [0.1, 0.15) is 5.56 Å². The van der Waals surface area contributed by atoms with Gasteiger partial charge in [-0.25, -0.2) is 9.97 Å². The summed E-state index contributed by atoms with van der Waals surface area (Å²) in [4.78, 5) is 10.1. The highest BCUT2D eigenvalue weighted by Gasteiger charge is 2.14. The molecule has 0 amide bonds. The van der Waals surface area contributed by atoms with Crippen molar-refractivity contribution in [3.63, 3.8) is 0 Å². The van der Waals surface area contributed by atoms with Gasteiger partial charge in [0.25, 0.3) is 0 Å². The molecule has 0 saturated heterocycles. The summed E-state index contributed by atoms with van der Waals surface area (Å²) >= 11 is 0. The molecule has 0 aliphatic carbocycles. The zero-order valence-electron chi connectivity index (χ0n) is 15.1. The molecule has 0 spiro atoms. The zero-order chi connectivity index (χ0) is 18.2. The van der Waals surface area contributed by atoms with E-state index in [4.69, 9.17) is 9.97 Å². The lowest BCUT2D eigenvalue weighted by atomic mass is 10.0. The number of aromatic nitrogens is 2. The van der Waals surface area contributed by atoms with Gasteiger partial charge < -0.3 is 0 Å². The van der Waals surface area contributed by atoms with Crippen LogP contribution in [0.3, 0.4) is 0 Å². The van der Waals surface area contributed by atoms with E-state index in [9.17, 15) is 0 Å². The first-order valence-corrected chi connectivity index (χ1v) is 9.11. The number of hydrogen-bond acceptors (Lipinski definition) is 2. The van der Waals surface area contributed by atoms with Crippen molar-refractivity contribution >= 4 is 21.8 Å². The third-order valence-corrected chi connectivity index (χ3v) is 4.97. The molecule has 1 heterocycles. The molecule has 0 saturated carbocycles. The highest BCUT2D eigenvalue weighted by Crippen LogP contribution is 2.33. The van der Waals surface area contributed by atoms with Crippen molar-refractivity contribution in [1.29, 1.82) is 0 Å². The van der Waals surface area contributed by atoms with Crippen molar-refractivity contribution in [2.45, 2.75) is 6.92 Å². The number of aryl methyl sites for hydroxylation is 1. The minimum atomic E-state index is 0.920. The fourth-order valence-corrected chi connectivity index (χ4v) is 3.55. The Labute approximate surface area is 158 Å². The normalized spacial score (nSPS) is 11.1. The molecule has 5 rings (SSSR count). The van der Waals surface area contributed by atoms with Crippen molar-refractivity contribution in [1.82, 2.24) is 9.97 Å². The summed E-state index contributed by atoms with van der Waals surface area (Å²) in [5.41, 5.74) is 7.04. The molecule has 4 aromatic carbocycles. The lowest BCUT2D eigenvalue weighted by molar-refractivity contribution is 1.27. The quantitative estimate of drug-likeness (QED) is 0.368. The zero-order valence-corrected chi connectivity index (χ0v) is 15.1. The minimum Gasteiger partial charge on any atom is -0.244 e. The first-order chi connectivity index (χ1) is 13.3. The fourth-order valence-electron chi connectivity index (χ4n) is 3.55. The summed E-state index contributed by atoms with van der Waals surface area (Å²) in [6, 6.07) is 31.4. The summed E-state index contributed by atoms with van der Waals surface area (Å²) in [6.45, 7) is 2.09. The number of para-hydroxylation sites is 1. The van der Waals surface area contributed by atoms with Gasteiger partial charge in [0.15, 0.2) is 0 Å². The van der Waals surface area contributed by atoms with Crippen LogP contribution in [-0.4, -0.2) is 9.97 Å². The van der Waals surface area contributed by atoms with E-state index in [-0.39, 0.29) is 0 Å². The van der Waals surface area contributed by atoms with Crippen molar-refractivity contribution in [2.75, 3.05) is 0 Å². The molecule has 0 atom stereocenters. The summed E-state index contributed by atoms with van der Waals surface area (Å²) in [5, 5.41) is 2.44. The van der Waals surface area contributed by atoms with Gasteiger partial charge in [-0.3, -0.25) is 0 Å². The van der Waals surface area contributed by atoms with Crippen molar-refractivity contribution in [2.24, 2.45) is 0 Å². The largest absolute Gasteiger partial charge is 0.244 e. The van der Waals surface area contributed by atoms with Gasteiger partial charge >= 0.3 is 0 Å². The molecule has 0 aliphatic heterocycles. The molecule has 27 heavy (non-hydrogen) atoms. The molecule has 1 aromatic heterocycles. The number of fused-ring (bicyclic) bond motifs is 2. The summed E-state index contributed by atoms with van der Waals surface area (Å²) in [5.74, 6) is 0. The predicted octanol–water partition coefficient (Wildman–Crippen LogP) is 6.43. The highest BCUT2D eigenvalue weighted by molar-refractivity contribution is 5.92. The molecular weight excluding hydrogens is 328 g/mol. The van der Waals surface area contributed by atoms with Gasteiger partial charge in [-0.05, 0) is 35.4 Å². The molecule has 5 aromatic rings. The Hall–Kier alpha value is -3.52. The number of hydrogen-bond donors (Lipinski definition) is 0. The van der Waals surface area contributed by atoms with Gasteiger partial charge in [-0.1, -0.05) is 78.9 Å². The Balaban J connectivity index is 1.84. The first-order valence-electron chi connectivity index (χ1n) is 9.11. The Morgan fingerprint density at radius 2 is 1.30 bits per heavy atom. The molecule has 0 radical (unpaired) electrons. The van der Waals surface area contributed by atoms with E-state index in [1.54, 1.807) is 0 Å². The fraction of sp³-hybridized carbons (Fsp3) is 0.0400. The van der Waals surface area contributed by atoms with E-state index in [2.05, 4.69) is 67.6 Å². The summed E-state index contributed by atoms with van der Waals surface area (Å²) < 4.78 is 0. The van der Waals surface area contributed by atoms with E-state index in [1.165, 1.54) is 10.8 Å². The lowest BCUT2D eigenvalue weighted by Gasteiger charge is -2.12. The van der Waals surface area contributed by atoms with Crippen molar-refractivity contribution in [3.05, 3.63) is 96.6 Å². The van der Waals surface area contributed by atoms with Gasteiger partial charge in [0.05, 0.1) is 22.4 Å². The number of benzene rings is 4. The first kappa shape index (κ1) is 15.7. The molecule has 0 unspecified atom stereocenters. The van der Waals surface area contributed by atoms with Crippen LogP contribution in [0.5, 0.6) is 0 Å². The second-order valence-corrected chi connectivity index (χ2v) is 6.79. The van der Waals surface area contributed by atoms with E-state index < -0.39 is 0 Å². The molecule has 128 valence electrons. The second-order valence-electron chi connectivity index (χ2n) is 6.79. The van der Waals surface area contributed by atoms with Crippen molar-refractivity contribution in [3.8, 4) is 22.5 Å². The average Bonchev–Trinajstić information content (AvgIpc) is 2.73. The van der Waals surface area contributed by atoms with Crippen LogP contribution in [0.4, 0.5) is 0 Å². The third kappa shape index (κ3) is 2.76. The Bertz CT molecular complexity index is 1270. The van der Waals surface area contributed by atoms with Crippen LogP contribution in [-0.2, 0) is 0 Å². The Morgan fingerprint density at radius 3 is 2.15 bits per heavy atom. The van der Waals surface area contributed by atoms with Gasteiger partial charge in [0, 0.05) is 11.1 Å². The van der Waals surface area contributed by atoms with Crippen LogP contribution < -0.4 is 0 Å². The van der Waals surface area contributed by atoms with Crippen LogP contribution >= 0.6 is 0 Å². The Kier molecular flexibility index (Phi) is 3.68.